The normalized spacial score (nSPS) is 20.2. The summed E-state index contributed by atoms with van der Waals surface area (Å²) in [5.74, 6) is 0.374. The summed E-state index contributed by atoms with van der Waals surface area (Å²) in [7, 11) is 0. The van der Waals surface area contributed by atoms with Gasteiger partial charge in [0, 0.05) is 12.1 Å². The lowest BCUT2D eigenvalue weighted by molar-refractivity contribution is 1.03. The highest BCUT2D eigenvalue weighted by molar-refractivity contribution is 5.75. The van der Waals surface area contributed by atoms with E-state index in [-0.39, 0.29) is 0 Å². The van der Waals surface area contributed by atoms with Gasteiger partial charge in [-0.05, 0) is 6.08 Å². The van der Waals surface area contributed by atoms with E-state index in [0.29, 0.717) is 5.92 Å². The molecule has 2 heterocycles. The number of nitrogens with zero attached hydrogens (tertiary/aromatic N) is 3. The zero-order valence-electron chi connectivity index (χ0n) is 6.81. The molecule has 1 aromatic rings. The molecule has 0 spiro atoms. The summed E-state index contributed by atoms with van der Waals surface area (Å²) in [6, 6.07) is 0. The Morgan fingerprint density at radius 1 is 1.42 bits per heavy atom. The van der Waals surface area contributed by atoms with Gasteiger partial charge in [0.25, 0.3) is 0 Å². The van der Waals surface area contributed by atoms with Crippen molar-refractivity contribution in [1.82, 2.24) is 9.97 Å². The minimum atomic E-state index is 0.374. The Labute approximate surface area is 70.9 Å². The van der Waals surface area contributed by atoms with Crippen LogP contribution in [0.3, 0.4) is 0 Å². The molecule has 0 bridgehead atoms. The van der Waals surface area contributed by atoms with Crippen molar-refractivity contribution in [3.8, 4) is 0 Å². The molecule has 0 aliphatic carbocycles. The van der Waals surface area contributed by atoms with Crippen molar-refractivity contribution in [2.24, 2.45) is 10.9 Å². The number of rotatable bonds is 0. The fourth-order valence-electron chi connectivity index (χ4n) is 1.05. The summed E-state index contributed by atoms with van der Waals surface area (Å²) in [6.07, 6.45) is 9.21. The van der Waals surface area contributed by atoms with Crippen LogP contribution in [0.1, 0.15) is 12.6 Å². The highest BCUT2D eigenvalue weighted by Gasteiger charge is 2.02. The third kappa shape index (κ3) is 1.25. The molecule has 0 saturated carbocycles. The summed E-state index contributed by atoms with van der Waals surface area (Å²) >= 11 is 0. The Kier molecular flexibility index (Phi) is 1.70. The lowest BCUT2D eigenvalue weighted by Crippen LogP contribution is -1.86. The van der Waals surface area contributed by atoms with Crippen molar-refractivity contribution >= 4 is 18.0 Å². The molecular weight excluding hydrogens is 150 g/mol. The molecule has 0 saturated heterocycles. The van der Waals surface area contributed by atoms with Crippen LogP contribution in [0, 0.1) is 5.92 Å². The van der Waals surface area contributed by atoms with Crippen molar-refractivity contribution in [2.45, 2.75) is 6.92 Å². The van der Waals surface area contributed by atoms with Gasteiger partial charge in [0.15, 0.2) is 0 Å². The molecule has 60 valence electrons. The maximum atomic E-state index is 4.26. The van der Waals surface area contributed by atoms with Crippen LogP contribution < -0.4 is 0 Å². The predicted octanol–water partition coefficient (Wildman–Crippen LogP) is 1.84. The molecule has 1 aliphatic rings. The van der Waals surface area contributed by atoms with Gasteiger partial charge in [-0.1, -0.05) is 13.0 Å². The molecule has 1 unspecified atom stereocenters. The van der Waals surface area contributed by atoms with E-state index in [9.17, 15) is 0 Å². The monoisotopic (exact) mass is 159 g/mol. The van der Waals surface area contributed by atoms with Crippen LogP contribution in [-0.4, -0.2) is 16.2 Å². The second-order valence-corrected chi connectivity index (χ2v) is 2.79. The van der Waals surface area contributed by atoms with E-state index < -0.39 is 0 Å². The first kappa shape index (κ1) is 7.16. The van der Waals surface area contributed by atoms with Gasteiger partial charge in [0.05, 0.1) is 11.9 Å². The fraction of sp³-hybridized carbons (Fsp3) is 0.222. The summed E-state index contributed by atoms with van der Waals surface area (Å²) in [4.78, 5) is 12.3. The number of aromatic nitrogens is 2. The molecular formula is C9H9N3. The molecule has 12 heavy (non-hydrogen) atoms. The van der Waals surface area contributed by atoms with Crippen LogP contribution in [0.4, 0.5) is 5.69 Å². The van der Waals surface area contributed by atoms with E-state index >= 15 is 0 Å². The van der Waals surface area contributed by atoms with Gasteiger partial charge in [-0.25, -0.2) is 9.97 Å². The second-order valence-electron chi connectivity index (χ2n) is 2.79. The van der Waals surface area contributed by atoms with Crippen LogP contribution >= 0.6 is 0 Å². The molecule has 1 aliphatic heterocycles. The third-order valence-electron chi connectivity index (χ3n) is 1.73. The highest BCUT2D eigenvalue weighted by atomic mass is 14.9. The van der Waals surface area contributed by atoms with E-state index in [1.54, 1.807) is 6.20 Å². The van der Waals surface area contributed by atoms with Crippen LogP contribution in [0.5, 0.6) is 0 Å². The average molecular weight is 159 g/mol. The van der Waals surface area contributed by atoms with Crippen molar-refractivity contribution in [1.29, 1.82) is 0 Å². The molecule has 2 rings (SSSR count). The Hall–Kier alpha value is -1.51. The molecule has 0 radical (unpaired) electrons. The average Bonchev–Trinajstić information content (AvgIpc) is 2.29. The molecule has 1 atom stereocenters. The smallest absolute Gasteiger partial charge is 0.116 e. The van der Waals surface area contributed by atoms with Crippen LogP contribution in [0.15, 0.2) is 23.6 Å². The topological polar surface area (TPSA) is 38.1 Å². The zero-order chi connectivity index (χ0) is 8.39. The largest absolute Gasteiger partial charge is 0.257 e. The molecule has 1 aromatic heterocycles. The predicted molar refractivity (Wildman–Crippen MR) is 48.4 cm³/mol. The molecule has 0 N–H and O–H groups in total. The lowest BCUT2D eigenvalue weighted by atomic mass is 10.2. The number of hydrogen-bond donors (Lipinski definition) is 0. The Balaban J connectivity index is 2.52. The Morgan fingerprint density at radius 3 is 3.25 bits per heavy atom. The first-order valence-corrected chi connectivity index (χ1v) is 3.88. The number of fused-ring (bicyclic) bond motifs is 1. The van der Waals surface area contributed by atoms with Crippen molar-refractivity contribution in [3.05, 3.63) is 24.3 Å². The SMILES string of the molecule is CC1C=Cc2ncncc2N=C1. The summed E-state index contributed by atoms with van der Waals surface area (Å²) in [5, 5.41) is 0. The van der Waals surface area contributed by atoms with E-state index in [4.69, 9.17) is 0 Å². The van der Waals surface area contributed by atoms with Crippen LogP contribution in [0.25, 0.3) is 6.08 Å². The maximum Gasteiger partial charge on any atom is 0.116 e. The second kappa shape index (κ2) is 2.85. The summed E-state index contributed by atoms with van der Waals surface area (Å²) in [6.45, 7) is 2.08. The van der Waals surface area contributed by atoms with Gasteiger partial charge in [0.1, 0.15) is 12.0 Å². The van der Waals surface area contributed by atoms with Crippen molar-refractivity contribution in [2.75, 3.05) is 0 Å². The van der Waals surface area contributed by atoms with Gasteiger partial charge < -0.3 is 0 Å². The first-order chi connectivity index (χ1) is 5.86. The fourth-order valence-corrected chi connectivity index (χ4v) is 1.05. The van der Waals surface area contributed by atoms with Crippen molar-refractivity contribution < 1.29 is 0 Å². The minimum Gasteiger partial charge on any atom is -0.257 e. The number of aliphatic imine (C=N–C) groups is 1. The van der Waals surface area contributed by atoms with E-state index in [1.807, 2.05) is 12.3 Å². The summed E-state index contributed by atoms with van der Waals surface area (Å²) in [5.41, 5.74) is 1.74. The molecule has 3 nitrogen and oxygen atoms in total. The first-order valence-electron chi connectivity index (χ1n) is 3.88. The molecule has 0 amide bonds. The van der Waals surface area contributed by atoms with E-state index in [2.05, 4.69) is 28.0 Å². The van der Waals surface area contributed by atoms with Gasteiger partial charge >= 0.3 is 0 Å². The molecule has 0 aromatic carbocycles. The quantitative estimate of drug-likeness (QED) is 0.579. The number of hydrogen-bond acceptors (Lipinski definition) is 3. The van der Waals surface area contributed by atoms with Crippen molar-refractivity contribution in [3.63, 3.8) is 0 Å². The zero-order valence-corrected chi connectivity index (χ0v) is 6.81. The third-order valence-corrected chi connectivity index (χ3v) is 1.73. The minimum absolute atomic E-state index is 0.374. The highest BCUT2D eigenvalue weighted by Crippen LogP contribution is 2.19. The Bertz CT molecular complexity index is 308. The standard InChI is InChI=1S/C9H9N3/c1-7-2-3-8-9(11-4-7)5-10-6-12-8/h2-7H,1H3. The summed E-state index contributed by atoms with van der Waals surface area (Å²) < 4.78 is 0. The van der Waals surface area contributed by atoms with Gasteiger partial charge in [-0.15, -0.1) is 0 Å². The van der Waals surface area contributed by atoms with Crippen LogP contribution in [-0.2, 0) is 0 Å². The van der Waals surface area contributed by atoms with Gasteiger partial charge in [-0.2, -0.15) is 0 Å². The Morgan fingerprint density at radius 2 is 2.33 bits per heavy atom. The van der Waals surface area contributed by atoms with Gasteiger partial charge in [0.2, 0.25) is 0 Å². The van der Waals surface area contributed by atoms with E-state index in [1.165, 1.54) is 6.33 Å². The lowest BCUT2D eigenvalue weighted by Gasteiger charge is -1.93. The molecule has 3 heteroatoms. The molecule has 0 fully saturated rings. The van der Waals surface area contributed by atoms with Crippen LogP contribution in [0.2, 0.25) is 0 Å². The van der Waals surface area contributed by atoms with E-state index in [0.717, 1.165) is 11.4 Å². The maximum absolute atomic E-state index is 4.26. The van der Waals surface area contributed by atoms with Gasteiger partial charge in [-0.3, -0.25) is 4.99 Å². The number of allylic oxidation sites excluding steroid dienone is 1.